The summed E-state index contributed by atoms with van der Waals surface area (Å²) >= 11 is 12.3. The van der Waals surface area contributed by atoms with Crippen molar-refractivity contribution in [2.24, 2.45) is 0 Å². The molecule has 3 N–H and O–H groups in total. The largest absolute Gasteiger partial charge is 0.477 e. The van der Waals surface area contributed by atoms with Crippen molar-refractivity contribution in [2.45, 2.75) is 11.3 Å². The molecule has 2 amide bonds. The summed E-state index contributed by atoms with van der Waals surface area (Å²) in [5.74, 6) is -1.25. The third-order valence-corrected chi connectivity index (χ3v) is 6.14. The zero-order chi connectivity index (χ0) is 21.2. The summed E-state index contributed by atoms with van der Waals surface area (Å²) in [6.07, 6.45) is 0.0698. The summed E-state index contributed by atoms with van der Waals surface area (Å²) in [6.45, 7) is -0.0440. The van der Waals surface area contributed by atoms with Crippen LogP contribution in [0.4, 0.5) is 4.79 Å². The molecule has 8 nitrogen and oxygen atoms in total. The summed E-state index contributed by atoms with van der Waals surface area (Å²) < 4.78 is 27.2. The van der Waals surface area contributed by atoms with Gasteiger partial charge in [0.05, 0.1) is 15.4 Å². The third-order valence-electron chi connectivity index (χ3n) is 4.13. The second kappa shape index (κ2) is 8.32. The monoisotopic (exact) mass is 455 g/mol. The Morgan fingerprint density at radius 1 is 1.07 bits per heavy atom. The molecule has 11 heteroatoms. The van der Waals surface area contributed by atoms with Crippen LogP contribution in [-0.2, 0) is 16.4 Å². The predicted octanol–water partition coefficient (Wildman–Crippen LogP) is 3.23. The van der Waals surface area contributed by atoms with Crippen LogP contribution in [-0.4, -0.2) is 36.2 Å². The van der Waals surface area contributed by atoms with Gasteiger partial charge in [-0.2, -0.15) is 0 Å². The van der Waals surface area contributed by atoms with Crippen molar-refractivity contribution in [3.63, 3.8) is 0 Å². The Bertz CT molecular complexity index is 1190. The summed E-state index contributed by atoms with van der Waals surface area (Å²) in [7, 11) is -4.02. The Morgan fingerprint density at radius 2 is 1.76 bits per heavy atom. The van der Waals surface area contributed by atoms with E-state index in [2.05, 4.69) is 5.32 Å². The highest BCUT2D eigenvalue weighted by molar-refractivity contribution is 7.90. The Balaban J connectivity index is 1.76. The molecule has 1 aromatic heterocycles. The maximum Gasteiger partial charge on any atom is 0.354 e. The molecule has 1 heterocycles. The van der Waals surface area contributed by atoms with Gasteiger partial charge in [-0.05, 0) is 36.2 Å². The number of hydrogen-bond donors (Lipinski definition) is 3. The number of aromatic carboxylic acids is 1. The van der Waals surface area contributed by atoms with E-state index in [1.165, 1.54) is 24.3 Å². The first-order valence-corrected chi connectivity index (χ1v) is 10.5. The van der Waals surface area contributed by atoms with Gasteiger partial charge in [0.2, 0.25) is 0 Å². The molecule has 0 bridgehead atoms. The molecular formula is C18H15Cl2N3O5S. The SMILES string of the molecule is O=C(NCCc1c(C(=O)O)n(Cl)c2cccc(Cl)c12)NS(=O)(=O)c1ccccc1. The van der Waals surface area contributed by atoms with Crippen LogP contribution in [0.15, 0.2) is 53.4 Å². The van der Waals surface area contributed by atoms with Gasteiger partial charge in [0.1, 0.15) is 5.69 Å². The lowest BCUT2D eigenvalue weighted by Gasteiger charge is -2.09. The number of carbonyl (C=O) groups excluding carboxylic acids is 1. The Labute approximate surface area is 176 Å². The van der Waals surface area contributed by atoms with Crippen LogP contribution >= 0.6 is 23.4 Å². The Hall–Kier alpha value is -2.75. The molecule has 3 rings (SSSR count). The first kappa shape index (κ1) is 21.0. The van der Waals surface area contributed by atoms with E-state index in [9.17, 15) is 23.1 Å². The second-order valence-electron chi connectivity index (χ2n) is 5.97. The van der Waals surface area contributed by atoms with E-state index >= 15 is 0 Å². The van der Waals surface area contributed by atoms with Crippen LogP contribution in [0.3, 0.4) is 0 Å². The molecule has 0 saturated heterocycles. The van der Waals surface area contributed by atoms with Gasteiger partial charge in [0, 0.05) is 23.7 Å². The van der Waals surface area contributed by atoms with Gasteiger partial charge >= 0.3 is 12.0 Å². The number of fused-ring (bicyclic) bond motifs is 1. The number of sulfonamides is 1. The van der Waals surface area contributed by atoms with Crippen molar-refractivity contribution in [1.29, 1.82) is 0 Å². The topological polar surface area (TPSA) is 118 Å². The van der Waals surface area contributed by atoms with Crippen molar-refractivity contribution < 1.29 is 23.1 Å². The highest BCUT2D eigenvalue weighted by Crippen LogP contribution is 2.33. The quantitative estimate of drug-likeness (QED) is 0.527. The maximum absolute atomic E-state index is 12.2. The number of urea groups is 1. The van der Waals surface area contributed by atoms with Crippen molar-refractivity contribution in [2.75, 3.05) is 6.54 Å². The van der Waals surface area contributed by atoms with E-state index in [0.29, 0.717) is 21.5 Å². The van der Waals surface area contributed by atoms with Gasteiger partial charge in [-0.1, -0.05) is 35.9 Å². The number of benzene rings is 2. The van der Waals surface area contributed by atoms with Crippen LogP contribution in [0.5, 0.6) is 0 Å². The molecule has 0 spiro atoms. The van der Waals surface area contributed by atoms with Gasteiger partial charge < -0.3 is 10.4 Å². The lowest BCUT2D eigenvalue weighted by Crippen LogP contribution is -2.40. The number of carboxylic acid groups (broad SMARTS) is 1. The highest BCUT2D eigenvalue weighted by atomic mass is 35.5. The van der Waals surface area contributed by atoms with Crippen molar-refractivity contribution in [3.05, 3.63) is 64.8 Å². The lowest BCUT2D eigenvalue weighted by molar-refractivity contribution is 0.0689. The maximum atomic E-state index is 12.2. The van der Waals surface area contributed by atoms with Crippen LogP contribution in [0.25, 0.3) is 10.9 Å². The van der Waals surface area contributed by atoms with Crippen molar-refractivity contribution >= 4 is 56.3 Å². The number of amides is 2. The summed E-state index contributed by atoms with van der Waals surface area (Å²) in [5.41, 5.74) is 0.580. The van der Waals surface area contributed by atoms with Crippen LogP contribution in [0, 0.1) is 0 Å². The number of nitrogens with zero attached hydrogens (tertiary/aromatic N) is 1. The van der Waals surface area contributed by atoms with E-state index < -0.39 is 22.0 Å². The minimum atomic E-state index is -4.02. The number of carbonyl (C=O) groups is 2. The number of aromatic nitrogens is 1. The normalized spacial score (nSPS) is 11.4. The number of rotatable bonds is 6. The molecule has 0 aliphatic heterocycles. The standard InChI is InChI=1S/C18H15Cl2N3O5S/c19-13-7-4-8-14-15(13)12(16(17(24)25)23(14)20)9-10-21-18(26)22-29(27,28)11-5-2-1-3-6-11/h1-8H,9-10H2,(H,24,25)(H2,21,22,26). The first-order valence-electron chi connectivity index (χ1n) is 8.29. The van der Waals surface area contributed by atoms with E-state index in [1.807, 2.05) is 4.72 Å². The fraction of sp³-hybridized carbons (Fsp3) is 0.111. The van der Waals surface area contributed by atoms with Crippen LogP contribution in [0.2, 0.25) is 5.02 Å². The van der Waals surface area contributed by atoms with E-state index in [4.69, 9.17) is 23.4 Å². The first-order chi connectivity index (χ1) is 13.7. The van der Waals surface area contributed by atoms with E-state index in [1.54, 1.807) is 24.3 Å². The molecule has 2 aromatic carbocycles. The molecule has 0 aliphatic carbocycles. The van der Waals surface area contributed by atoms with E-state index in [-0.39, 0.29) is 23.6 Å². The third kappa shape index (κ3) is 4.31. The van der Waals surface area contributed by atoms with Gasteiger partial charge in [0.25, 0.3) is 10.0 Å². The minimum Gasteiger partial charge on any atom is -0.477 e. The minimum absolute atomic E-state index is 0.0440. The smallest absolute Gasteiger partial charge is 0.354 e. The molecule has 3 aromatic rings. The Morgan fingerprint density at radius 3 is 2.41 bits per heavy atom. The average Bonchev–Trinajstić information content (AvgIpc) is 2.95. The molecule has 0 fully saturated rings. The van der Waals surface area contributed by atoms with Crippen molar-refractivity contribution in [3.8, 4) is 0 Å². The molecule has 0 radical (unpaired) electrons. The number of hydrogen-bond acceptors (Lipinski definition) is 4. The number of nitrogens with one attached hydrogen (secondary N) is 2. The zero-order valence-corrected chi connectivity index (χ0v) is 17.1. The fourth-order valence-corrected chi connectivity index (χ4v) is 4.45. The Kier molecular flexibility index (Phi) is 6.02. The van der Waals surface area contributed by atoms with Gasteiger partial charge in [-0.15, -0.1) is 0 Å². The number of halogens is 2. The molecule has 0 saturated carbocycles. The molecule has 0 unspecified atom stereocenters. The molecule has 0 atom stereocenters. The average molecular weight is 456 g/mol. The zero-order valence-electron chi connectivity index (χ0n) is 14.7. The highest BCUT2D eigenvalue weighted by Gasteiger charge is 2.23. The summed E-state index contributed by atoms with van der Waals surface area (Å²) in [4.78, 5) is 23.6. The fourth-order valence-electron chi connectivity index (χ4n) is 2.91. The molecule has 0 aliphatic rings. The van der Waals surface area contributed by atoms with Crippen LogP contribution in [0.1, 0.15) is 16.1 Å². The number of carboxylic acids is 1. The summed E-state index contributed by atoms with van der Waals surface area (Å²) in [6, 6.07) is 11.3. The lowest BCUT2D eigenvalue weighted by atomic mass is 10.1. The second-order valence-corrected chi connectivity index (χ2v) is 8.40. The van der Waals surface area contributed by atoms with Crippen molar-refractivity contribution in [1.82, 2.24) is 14.1 Å². The van der Waals surface area contributed by atoms with Gasteiger partial charge in [0.15, 0.2) is 0 Å². The van der Waals surface area contributed by atoms with Crippen LogP contribution < -0.4 is 10.0 Å². The van der Waals surface area contributed by atoms with E-state index in [0.717, 1.165) is 4.09 Å². The van der Waals surface area contributed by atoms with Gasteiger partial charge in [-0.25, -0.2) is 26.8 Å². The van der Waals surface area contributed by atoms with Gasteiger partial charge in [-0.3, -0.25) is 0 Å². The predicted molar refractivity (Wildman–Crippen MR) is 109 cm³/mol. The molecular weight excluding hydrogens is 441 g/mol. The molecule has 29 heavy (non-hydrogen) atoms. The molecule has 152 valence electrons. The summed E-state index contributed by atoms with van der Waals surface area (Å²) in [5, 5.41) is 12.7.